The number of likely N-dealkylation sites (N-methyl/N-ethyl adjacent to an activating group) is 1. The maximum atomic E-state index is 13.1. The fourth-order valence-electron chi connectivity index (χ4n) is 3.68. The number of carbonyl (C=O) groups is 2. The summed E-state index contributed by atoms with van der Waals surface area (Å²) in [5, 5.41) is 14.4. The van der Waals surface area contributed by atoms with Crippen LogP contribution in [0, 0.1) is 0 Å². The number of hydrogen-bond donors (Lipinski definition) is 1. The minimum atomic E-state index is -0.453. The highest BCUT2D eigenvalue weighted by atomic mass is 32.1. The number of morpholine rings is 1. The molecule has 1 N–H and O–H groups in total. The molecule has 2 amide bonds. The Kier molecular flexibility index (Phi) is 6.30. The lowest BCUT2D eigenvalue weighted by Crippen LogP contribution is -2.43. The SMILES string of the molecule is CCn1ccc(C(=O)N2CCOC(c3c(C(=O)N(C)CCO)sc4ncccc34)C2)n1. The lowest BCUT2D eigenvalue weighted by atomic mass is 10.0. The molecule has 4 rings (SSSR count). The molecule has 10 heteroatoms. The summed E-state index contributed by atoms with van der Waals surface area (Å²) < 4.78 is 7.76. The van der Waals surface area contributed by atoms with Gasteiger partial charge in [0.2, 0.25) is 0 Å². The van der Waals surface area contributed by atoms with Crippen molar-refractivity contribution in [3.8, 4) is 0 Å². The number of aryl methyl sites for hydroxylation is 1. The molecule has 0 spiro atoms. The summed E-state index contributed by atoms with van der Waals surface area (Å²) in [4.78, 5) is 35.0. The zero-order chi connectivity index (χ0) is 22.0. The largest absolute Gasteiger partial charge is 0.395 e. The van der Waals surface area contributed by atoms with Crippen LogP contribution >= 0.6 is 11.3 Å². The molecule has 1 atom stereocenters. The van der Waals surface area contributed by atoms with Crippen molar-refractivity contribution in [2.45, 2.75) is 19.6 Å². The van der Waals surface area contributed by atoms with E-state index in [2.05, 4.69) is 10.1 Å². The van der Waals surface area contributed by atoms with Gasteiger partial charge in [0.05, 0.1) is 19.8 Å². The summed E-state index contributed by atoms with van der Waals surface area (Å²) in [6, 6.07) is 5.47. The van der Waals surface area contributed by atoms with Crippen molar-refractivity contribution in [3.05, 3.63) is 46.7 Å². The number of aliphatic hydroxyl groups excluding tert-OH is 1. The maximum Gasteiger partial charge on any atom is 0.274 e. The number of amides is 2. The number of fused-ring (bicyclic) bond motifs is 1. The second kappa shape index (κ2) is 9.13. The highest BCUT2D eigenvalue weighted by Gasteiger charge is 2.33. The van der Waals surface area contributed by atoms with E-state index >= 15 is 0 Å². The van der Waals surface area contributed by atoms with Crippen LogP contribution in [0.4, 0.5) is 0 Å². The Balaban J connectivity index is 1.66. The average Bonchev–Trinajstić information content (AvgIpc) is 3.43. The van der Waals surface area contributed by atoms with Gasteiger partial charge >= 0.3 is 0 Å². The van der Waals surface area contributed by atoms with Crippen LogP contribution in [-0.4, -0.2) is 81.4 Å². The van der Waals surface area contributed by atoms with E-state index in [0.29, 0.717) is 36.8 Å². The van der Waals surface area contributed by atoms with E-state index in [1.165, 1.54) is 16.2 Å². The standard InChI is InChI=1S/C21H25N5O4S/c1-3-26-8-6-15(23-26)20(28)25-10-12-30-16(13-25)17-14-5-4-7-22-19(14)31-18(17)21(29)24(2)9-11-27/h4-8,16,27H,3,9-13H2,1-2H3. The van der Waals surface area contributed by atoms with Gasteiger partial charge in [-0.05, 0) is 19.1 Å². The molecule has 3 aromatic rings. The Morgan fingerprint density at radius 3 is 2.97 bits per heavy atom. The molecule has 0 aromatic carbocycles. The molecule has 0 aliphatic carbocycles. The average molecular weight is 444 g/mol. The zero-order valence-electron chi connectivity index (χ0n) is 17.5. The van der Waals surface area contributed by atoms with Gasteiger partial charge in [-0.3, -0.25) is 14.3 Å². The molecule has 31 heavy (non-hydrogen) atoms. The fraction of sp³-hybridized carbons (Fsp3) is 0.429. The van der Waals surface area contributed by atoms with Gasteiger partial charge in [-0.25, -0.2) is 4.98 Å². The van der Waals surface area contributed by atoms with Crippen molar-refractivity contribution < 1.29 is 19.4 Å². The van der Waals surface area contributed by atoms with Gasteiger partial charge in [-0.2, -0.15) is 5.10 Å². The lowest BCUT2D eigenvalue weighted by molar-refractivity contribution is -0.0225. The van der Waals surface area contributed by atoms with Crippen LogP contribution in [0.15, 0.2) is 30.6 Å². The quantitative estimate of drug-likeness (QED) is 0.623. The predicted molar refractivity (Wildman–Crippen MR) is 116 cm³/mol. The molecular weight excluding hydrogens is 418 g/mol. The van der Waals surface area contributed by atoms with Crippen molar-refractivity contribution in [1.82, 2.24) is 24.6 Å². The molecule has 1 aliphatic heterocycles. The van der Waals surface area contributed by atoms with Gasteiger partial charge < -0.3 is 19.6 Å². The smallest absolute Gasteiger partial charge is 0.274 e. The number of rotatable bonds is 6. The summed E-state index contributed by atoms with van der Waals surface area (Å²) in [5.74, 6) is -0.343. The lowest BCUT2D eigenvalue weighted by Gasteiger charge is -2.33. The van der Waals surface area contributed by atoms with Gasteiger partial charge in [0.1, 0.15) is 21.5 Å². The summed E-state index contributed by atoms with van der Waals surface area (Å²) in [6.07, 6.45) is 3.03. The van der Waals surface area contributed by atoms with Crippen LogP contribution in [0.2, 0.25) is 0 Å². The van der Waals surface area contributed by atoms with Gasteiger partial charge in [0.25, 0.3) is 11.8 Å². The molecular formula is C21H25N5O4S. The topological polar surface area (TPSA) is 101 Å². The van der Waals surface area contributed by atoms with Gasteiger partial charge in [-0.1, -0.05) is 6.07 Å². The molecule has 9 nitrogen and oxygen atoms in total. The van der Waals surface area contributed by atoms with E-state index in [9.17, 15) is 14.7 Å². The third kappa shape index (κ3) is 4.18. The monoisotopic (exact) mass is 443 g/mol. The van der Waals surface area contributed by atoms with Crippen molar-refractivity contribution >= 4 is 33.4 Å². The molecule has 0 radical (unpaired) electrons. The number of hydrogen-bond acceptors (Lipinski definition) is 7. The number of pyridine rings is 1. The Morgan fingerprint density at radius 2 is 2.23 bits per heavy atom. The van der Waals surface area contributed by atoms with Crippen LogP contribution in [0.5, 0.6) is 0 Å². The number of aromatic nitrogens is 3. The van der Waals surface area contributed by atoms with Crippen LogP contribution in [0.1, 0.15) is 38.8 Å². The molecule has 164 valence electrons. The van der Waals surface area contributed by atoms with Crippen LogP contribution in [0.3, 0.4) is 0 Å². The highest BCUT2D eigenvalue weighted by Crippen LogP contribution is 2.38. The third-order valence-electron chi connectivity index (χ3n) is 5.34. The molecule has 1 aliphatic rings. The minimum Gasteiger partial charge on any atom is -0.395 e. The summed E-state index contributed by atoms with van der Waals surface area (Å²) >= 11 is 1.31. The van der Waals surface area contributed by atoms with E-state index in [1.54, 1.807) is 35.1 Å². The van der Waals surface area contributed by atoms with Crippen LogP contribution < -0.4 is 0 Å². The van der Waals surface area contributed by atoms with Gasteiger partial charge in [0.15, 0.2) is 0 Å². The number of thiophene rings is 1. The van der Waals surface area contributed by atoms with E-state index < -0.39 is 6.10 Å². The van der Waals surface area contributed by atoms with Crippen LogP contribution in [0.25, 0.3) is 10.2 Å². The zero-order valence-corrected chi connectivity index (χ0v) is 18.3. The maximum absolute atomic E-state index is 13.1. The van der Waals surface area contributed by atoms with Crippen molar-refractivity contribution in [2.75, 3.05) is 39.9 Å². The normalized spacial score (nSPS) is 16.6. The molecule has 0 bridgehead atoms. The predicted octanol–water partition coefficient (Wildman–Crippen LogP) is 1.79. The first kappa shape index (κ1) is 21.4. The Bertz CT molecular complexity index is 1090. The summed E-state index contributed by atoms with van der Waals surface area (Å²) in [6.45, 7) is 3.92. The first-order valence-corrected chi connectivity index (χ1v) is 11.0. The molecule has 1 unspecified atom stereocenters. The van der Waals surface area contributed by atoms with E-state index in [1.807, 2.05) is 19.1 Å². The van der Waals surface area contributed by atoms with E-state index in [0.717, 1.165) is 15.8 Å². The van der Waals surface area contributed by atoms with Gasteiger partial charge in [-0.15, -0.1) is 11.3 Å². The minimum absolute atomic E-state index is 0.118. The third-order valence-corrected chi connectivity index (χ3v) is 6.46. The first-order valence-electron chi connectivity index (χ1n) is 10.2. The van der Waals surface area contributed by atoms with Crippen molar-refractivity contribution in [1.29, 1.82) is 0 Å². The van der Waals surface area contributed by atoms with Crippen molar-refractivity contribution in [3.63, 3.8) is 0 Å². The molecule has 0 saturated carbocycles. The van der Waals surface area contributed by atoms with E-state index in [-0.39, 0.29) is 25.0 Å². The van der Waals surface area contributed by atoms with Gasteiger partial charge in [0, 0.05) is 50.0 Å². The molecule has 1 saturated heterocycles. The number of nitrogens with zero attached hydrogens (tertiary/aromatic N) is 5. The summed E-state index contributed by atoms with van der Waals surface area (Å²) in [5.41, 5.74) is 1.15. The second-order valence-electron chi connectivity index (χ2n) is 7.32. The Hall–Kier alpha value is -2.82. The highest BCUT2D eigenvalue weighted by molar-refractivity contribution is 7.20. The molecule has 3 aromatic heterocycles. The fourth-order valence-corrected chi connectivity index (χ4v) is 4.87. The van der Waals surface area contributed by atoms with Crippen LogP contribution in [-0.2, 0) is 11.3 Å². The van der Waals surface area contributed by atoms with E-state index in [4.69, 9.17) is 4.74 Å². The van der Waals surface area contributed by atoms with Crippen molar-refractivity contribution in [2.24, 2.45) is 0 Å². The number of ether oxygens (including phenoxy) is 1. The number of carbonyl (C=O) groups excluding carboxylic acids is 2. The second-order valence-corrected chi connectivity index (χ2v) is 8.32. The Morgan fingerprint density at radius 1 is 1.39 bits per heavy atom. The molecule has 4 heterocycles. The first-order chi connectivity index (χ1) is 15.0. The Labute approximate surface area is 183 Å². The number of aliphatic hydroxyl groups is 1. The molecule has 1 fully saturated rings. The summed E-state index contributed by atoms with van der Waals surface area (Å²) in [7, 11) is 1.65.